The minimum absolute atomic E-state index is 0.0155. The van der Waals surface area contributed by atoms with Crippen LogP contribution in [0.15, 0.2) is 77.4 Å². The number of carbonyl (C=O) groups excluding carboxylic acids is 2. The van der Waals surface area contributed by atoms with E-state index in [0.717, 1.165) is 42.6 Å². The number of oxazole rings is 1. The van der Waals surface area contributed by atoms with Gasteiger partial charge in [0.1, 0.15) is 6.26 Å². The molecule has 1 saturated heterocycles. The predicted molar refractivity (Wildman–Crippen MR) is 125 cm³/mol. The summed E-state index contributed by atoms with van der Waals surface area (Å²) >= 11 is 0. The van der Waals surface area contributed by atoms with E-state index in [9.17, 15) is 9.59 Å². The molecule has 2 aliphatic heterocycles. The second-order valence-corrected chi connectivity index (χ2v) is 8.87. The zero-order valence-electron chi connectivity index (χ0n) is 18.4. The van der Waals surface area contributed by atoms with Crippen molar-refractivity contribution in [1.29, 1.82) is 0 Å². The average molecular weight is 442 g/mol. The molecule has 0 radical (unpaired) electrons. The van der Waals surface area contributed by atoms with Crippen LogP contribution in [-0.2, 0) is 17.8 Å². The number of fused-ring (bicyclic) bond motifs is 3. The highest BCUT2D eigenvalue weighted by molar-refractivity contribution is 5.92. The van der Waals surface area contributed by atoms with Crippen molar-refractivity contribution in [2.45, 2.75) is 25.8 Å². The van der Waals surface area contributed by atoms with Gasteiger partial charge in [-0.05, 0) is 47.9 Å². The van der Waals surface area contributed by atoms with Crippen LogP contribution < -0.4 is 5.32 Å². The Balaban J connectivity index is 1.18. The first-order valence-electron chi connectivity index (χ1n) is 11.5. The van der Waals surface area contributed by atoms with Gasteiger partial charge in [0.05, 0.1) is 6.42 Å². The molecule has 2 atom stereocenters. The van der Waals surface area contributed by atoms with E-state index in [4.69, 9.17) is 4.42 Å². The molecular weight excluding hydrogens is 414 g/mol. The first-order valence-corrected chi connectivity index (χ1v) is 11.5. The molecular formula is C27H27N3O3. The Bertz CT molecular complexity index is 1130. The van der Waals surface area contributed by atoms with Crippen molar-refractivity contribution in [3.8, 4) is 11.5 Å². The monoisotopic (exact) mass is 441 g/mol. The fraction of sp³-hybridized carbons (Fsp3) is 0.296. The molecule has 0 spiro atoms. The van der Waals surface area contributed by atoms with Gasteiger partial charge in [0.2, 0.25) is 11.8 Å². The number of amides is 2. The van der Waals surface area contributed by atoms with Crippen LogP contribution in [0.25, 0.3) is 11.5 Å². The highest BCUT2D eigenvalue weighted by atomic mass is 16.3. The SMILES string of the molecule is O=C(Cc1ccccc1)NCc1ccc(-c2nc(C(=O)N3CC4C=CC(CC4)C3)co2)cc1. The van der Waals surface area contributed by atoms with Gasteiger partial charge in [0.25, 0.3) is 5.91 Å². The van der Waals surface area contributed by atoms with Crippen LogP contribution in [0.2, 0.25) is 0 Å². The first kappa shape index (κ1) is 21.2. The Labute approximate surface area is 193 Å². The van der Waals surface area contributed by atoms with Crippen molar-refractivity contribution in [2.75, 3.05) is 13.1 Å². The molecule has 168 valence electrons. The quantitative estimate of drug-likeness (QED) is 0.581. The number of carbonyl (C=O) groups is 2. The zero-order chi connectivity index (χ0) is 22.6. The molecule has 1 aromatic heterocycles. The molecule has 3 heterocycles. The van der Waals surface area contributed by atoms with Gasteiger partial charge in [-0.15, -0.1) is 0 Å². The molecule has 1 fully saturated rings. The Morgan fingerprint density at radius 3 is 2.30 bits per heavy atom. The van der Waals surface area contributed by atoms with Gasteiger partial charge in [-0.1, -0.05) is 54.6 Å². The lowest BCUT2D eigenvalue weighted by atomic mass is 9.91. The number of rotatable bonds is 6. The third-order valence-electron chi connectivity index (χ3n) is 6.38. The largest absolute Gasteiger partial charge is 0.444 e. The maximum atomic E-state index is 13.0. The molecule has 3 aliphatic rings. The molecule has 2 aromatic carbocycles. The van der Waals surface area contributed by atoms with Gasteiger partial charge in [-0.2, -0.15) is 0 Å². The Hall–Kier alpha value is -3.67. The summed E-state index contributed by atoms with van der Waals surface area (Å²) in [5, 5.41) is 2.95. The van der Waals surface area contributed by atoms with Crippen LogP contribution in [0.5, 0.6) is 0 Å². The van der Waals surface area contributed by atoms with E-state index in [2.05, 4.69) is 22.5 Å². The lowest BCUT2D eigenvalue weighted by Crippen LogP contribution is -2.35. The maximum absolute atomic E-state index is 13.0. The van der Waals surface area contributed by atoms with Crippen LogP contribution in [0, 0.1) is 11.8 Å². The normalized spacial score (nSPS) is 19.3. The summed E-state index contributed by atoms with van der Waals surface area (Å²) < 4.78 is 5.62. The first-order chi connectivity index (χ1) is 16.1. The van der Waals surface area contributed by atoms with E-state index in [-0.39, 0.29) is 11.8 Å². The fourth-order valence-electron chi connectivity index (χ4n) is 4.52. The van der Waals surface area contributed by atoms with E-state index in [0.29, 0.717) is 36.4 Å². The Morgan fingerprint density at radius 2 is 1.64 bits per heavy atom. The lowest BCUT2D eigenvalue weighted by Gasteiger charge is -2.21. The van der Waals surface area contributed by atoms with Crippen LogP contribution in [-0.4, -0.2) is 34.8 Å². The third kappa shape index (κ3) is 5.06. The van der Waals surface area contributed by atoms with E-state index >= 15 is 0 Å². The minimum Gasteiger partial charge on any atom is -0.444 e. The summed E-state index contributed by atoms with van der Waals surface area (Å²) in [6.45, 7) is 1.95. The van der Waals surface area contributed by atoms with Gasteiger partial charge in [0.15, 0.2) is 5.69 Å². The van der Waals surface area contributed by atoms with Crippen LogP contribution in [0.3, 0.4) is 0 Å². The topological polar surface area (TPSA) is 75.4 Å². The fourth-order valence-corrected chi connectivity index (χ4v) is 4.52. The molecule has 2 amide bonds. The average Bonchev–Trinajstić information content (AvgIpc) is 3.14. The summed E-state index contributed by atoms with van der Waals surface area (Å²) in [7, 11) is 0. The third-order valence-corrected chi connectivity index (χ3v) is 6.38. The van der Waals surface area contributed by atoms with E-state index in [1.165, 1.54) is 6.26 Å². The Morgan fingerprint density at radius 1 is 0.939 bits per heavy atom. The second kappa shape index (κ2) is 9.45. The molecule has 0 saturated carbocycles. The number of benzene rings is 2. The number of hydrogen-bond acceptors (Lipinski definition) is 4. The molecule has 6 nitrogen and oxygen atoms in total. The molecule has 6 heteroatoms. The lowest BCUT2D eigenvalue weighted by molar-refractivity contribution is -0.120. The smallest absolute Gasteiger partial charge is 0.275 e. The van der Waals surface area contributed by atoms with Crippen LogP contribution in [0.1, 0.15) is 34.5 Å². The second-order valence-electron chi connectivity index (χ2n) is 8.87. The summed E-state index contributed by atoms with van der Waals surface area (Å²) in [5.74, 6) is 1.23. The van der Waals surface area contributed by atoms with Crippen molar-refractivity contribution >= 4 is 11.8 Å². The molecule has 1 aliphatic carbocycles. The Kier molecular flexibility index (Phi) is 6.07. The highest BCUT2D eigenvalue weighted by Crippen LogP contribution is 2.29. The van der Waals surface area contributed by atoms with Gasteiger partial charge >= 0.3 is 0 Å². The van der Waals surface area contributed by atoms with Crippen molar-refractivity contribution < 1.29 is 14.0 Å². The van der Waals surface area contributed by atoms with Crippen molar-refractivity contribution in [3.05, 3.63) is 89.8 Å². The number of hydrogen-bond donors (Lipinski definition) is 1. The number of nitrogens with one attached hydrogen (secondary N) is 1. The number of aromatic nitrogens is 1. The molecule has 33 heavy (non-hydrogen) atoms. The number of nitrogens with zero attached hydrogens (tertiary/aromatic N) is 2. The molecule has 3 aromatic rings. The minimum atomic E-state index is -0.0663. The van der Waals surface area contributed by atoms with Crippen LogP contribution >= 0.6 is 0 Å². The standard InChI is InChI=1S/C27H27N3O3/c31-25(14-19-4-2-1-3-5-19)28-15-20-10-12-23(13-11-20)26-29-24(18-33-26)27(32)30-16-21-6-7-22(17-30)9-8-21/h1-7,10-13,18,21-22H,8-9,14-17H2,(H,28,31). The van der Waals surface area contributed by atoms with Gasteiger partial charge in [-0.3, -0.25) is 9.59 Å². The van der Waals surface area contributed by atoms with Gasteiger partial charge < -0.3 is 14.6 Å². The van der Waals surface area contributed by atoms with E-state index < -0.39 is 0 Å². The summed E-state index contributed by atoms with van der Waals surface area (Å²) in [6.07, 6.45) is 8.61. The van der Waals surface area contributed by atoms with Crippen molar-refractivity contribution in [3.63, 3.8) is 0 Å². The van der Waals surface area contributed by atoms with E-state index in [1.807, 2.05) is 59.5 Å². The summed E-state index contributed by atoms with van der Waals surface area (Å²) in [6, 6.07) is 17.3. The summed E-state index contributed by atoms with van der Waals surface area (Å²) in [4.78, 5) is 31.5. The molecule has 2 unspecified atom stereocenters. The van der Waals surface area contributed by atoms with Crippen molar-refractivity contribution in [1.82, 2.24) is 15.2 Å². The van der Waals surface area contributed by atoms with Crippen LogP contribution in [0.4, 0.5) is 0 Å². The molecule has 1 N–H and O–H groups in total. The zero-order valence-corrected chi connectivity index (χ0v) is 18.4. The van der Waals surface area contributed by atoms with Gasteiger partial charge in [-0.25, -0.2) is 4.98 Å². The predicted octanol–water partition coefficient (Wildman–Crippen LogP) is 4.24. The van der Waals surface area contributed by atoms with Crippen molar-refractivity contribution in [2.24, 2.45) is 11.8 Å². The maximum Gasteiger partial charge on any atom is 0.275 e. The van der Waals surface area contributed by atoms with Gasteiger partial charge in [0, 0.05) is 25.2 Å². The summed E-state index contributed by atoms with van der Waals surface area (Å²) in [5.41, 5.74) is 3.12. The molecule has 2 bridgehead atoms. The molecule has 6 rings (SSSR count). The highest BCUT2D eigenvalue weighted by Gasteiger charge is 2.30. The van der Waals surface area contributed by atoms with E-state index in [1.54, 1.807) is 0 Å².